The van der Waals surface area contributed by atoms with Crippen molar-refractivity contribution < 1.29 is 9.52 Å². The van der Waals surface area contributed by atoms with Gasteiger partial charge in [-0.3, -0.25) is 0 Å². The summed E-state index contributed by atoms with van der Waals surface area (Å²) in [6, 6.07) is 3.62. The average Bonchev–Trinajstić information content (AvgIpc) is 2.66. The molecule has 0 aliphatic carbocycles. The standard InChI is InChI=1S/C10H12N2O2/c1-6(4-11)7-2-3-8-9(10(7)13)12-5-14-8/h2-3,5-6,13H,4,11H2,1H3. The van der Waals surface area contributed by atoms with Crippen LogP contribution in [0.5, 0.6) is 5.75 Å². The Kier molecular flexibility index (Phi) is 2.13. The second-order valence-electron chi connectivity index (χ2n) is 3.34. The number of phenols is 1. The lowest BCUT2D eigenvalue weighted by atomic mass is 10.00. The monoisotopic (exact) mass is 192 g/mol. The number of aromatic nitrogens is 1. The van der Waals surface area contributed by atoms with Crippen molar-refractivity contribution in [3.8, 4) is 5.75 Å². The summed E-state index contributed by atoms with van der Waals surface area (Å²) in [7, 11) is 0. The van der Waals surface area contributed by atoms with E-state index in [2.05, 4.69) is 4.98 Å². The van der Waals surface area contributed by atoms with Crippen molar-refractivity contribution in [1.82, 2.24) is 4.98 Å². The summed E-state index contributed by atoms with van der Waals surface area (Å²) >= 11 is 0. The lowest BCUT2D eigenvalue weighted by molar-refractivity contribution is 0.468. The fraction of sp³-hybridized carbons (Fsp3) is 0.300. The molecule has 0 saturated carbocycles. The number of oxazole rings is 1. The van der Waals surface area contributed by atoms with E-state index in [1.54, 1.807) is 6.07 Å². The van der Waals surface area contributed by atoms with Crippen molar-refractivity contribution in [2.24, 2.45) is 5.73 Å². The molecule has 0 fully saturated rings. The molecule has 0 saturated heterocycles. The van der Waals surface area contributed by atoms with Crippen LogP contribution in [0.25, 0.3) is 11.1 Å². The molecule has 3 N–H and O–H groups in total. The average molecular weight is 192 g/mol. The number of aromatic hydroxyl groups is 1. The molecule has 2 rings (SSSR count). The molecular formula is C10H12N2O2. The van der Waals surface area contributed by atoms with Gasteiger partial charge in [-0.05, 0) is 18.5 Å². The van der Waals surface area contributed by atoms with E-state index in [-0.39, 0.29) is 11.7 Å². The summed E-state index contributed by atoms with van der Waals surface area (Å²) < 4.78 is 5.06. The number of nitrogens with two attached hydrogens (primary N) is 1. The van der Waals surface area contributed by atoms with Crippen LogP contribution in [-0.2, 0) is 0 Å². The van der Waals surface area contributed by atoms with Gasteiger partial charge in [0.05, 0.1) is 0 Å². The van der Waals surface area contributed by atoms with Crippen LogP contribution in [0.3, 0.4) is 0 Å². The van der Waals surface area contributed by atoms with E-state index in [1.807, 2.05) is 13.0 Å². The highest BCUT2D eigenvalue weighted by molar-refractivity contribution is 5.80. The zero-order valence-electron chi connectivity index (χ0n) is 7.90. The first-order valence-electron chi connectivity index (χ1n) is 4.49. The molecular weight excluding hydrogens is 180 g/mol. The normalized spacial score (nSPS) is 13.3. The van der Waals surface area contributed by atoms with Crippen molar-refractivity contribution in [3.63, 3.8) is 0 Å². The first-order chi connectivity index (χ1) is 6.74. The molecule has 14 heavy (non-hydrogen) atoms. The number of benzene rings is 1. The fourth-order valence-electron chi connectivity index (χ4n) is 1.46. The molecule has 0 spiro atoms. The highest BCUT2D eigenvalue weighted by Gasteiger charge is 2.13. The second-order valence-corrected chi connectivity index (χ2v) is 3.34. The molecule has 4 heteroatoms. The van der Waals surface area contributed by atoms with Gasteiger partial charge < -0.3 is 15.3 Å². The van der Waals surface area contributed by atoms with Crippen LogP contribution in [0.15, 0.2) is 22.9 Å². The summed E-state index contributed by atoms with van der Waals surface area (Å²) in [5.41, 5.74) is 7.45. The van der Waals surface area contributed by atoms with Crippen LogP contribution in [0.4, 0.5) is 0 Å². The summed E-state index contributed by atoms with van der Waals surface area (Å²) in [6.45, 7) is 2.46. The minimum atomic E-state index is 0.121. The third kappa shape index (κ3) is 1.24. The first-order valence-corrected chi connectivity index (χ1v) is 4.49. The number of rotatable bonds is 2. The molecule has 1 unspecified atom stereocenters. The molecule has 74 valence electrons. The third-order valence-corrected chi connectivity index (χ3v) is 2.39. The maximum Gasteiger partial charge on any atom is 0.182 e. The number of hydrogen-bond acceptors (Lipinski definition) is 4. The Hall–Kier alpha value is -1.55. The Labute approximate surface area is 81.4 Å². The van der Waals surface area contributed by atoms with E-state index in [1.165, 1.54) is 6.39 Å². The SMILES string of the molecule is CC(CN)c1ccc2ocnc2c1O. The van der Waals surface area contributed by atoms with E-state index < -0.39 is 0 Å². The Morgan fingerprint density at radius 2 is 2.36 bits per heavy atom. The van der Waals surface area contributed by atoms with Gasteiger partial charge in [0.15, 0.2) is 17.5 Å². The highest BCUT2D eigenvalue weighted by atomic mass is 16.3. The molecule has 0 bridgehead atoms. The highest BCUT2D eigenvalue weighted by Crippen LogP contribution is 2.31. The van der Waals surface area contributed by atoms with E-state index in [9.17, 15) is 5.11 Å². The molecule has 1 heterocycles. The van der Waals surface area contributed by atoms with Gasteiger partial charge in [-0.1, -0.05) is 13.0 Å². The van der Waals surface area contributed by atoms with E-state index in [4.69, 9.17) is 10.2 Å². The largest absolute Gasteiger partial charge is 0.505 e. The Morgan fingerprint density at radius 3 is 3.07 bits per heavy atom. The lowest BCUT2D eigenvalue weighted by Gasteiger charge is -2.10. The molecule has 1 atom stereocenters. The molecule has 1 aromatic heterocycles. The van der Waals surface area contributed by atoms with Gasteiger partial charge in [0, 0.05) is 5.56 Å². The van der Waals surface area contributed by atoms with Crippen LogP contribution < -0.4 is 5.73 Å². The number of phenolic OH excluding ortho intramolecular Hbond substituents is 1. The van der Waals surface area contributed by atoms with Gasteiger partial charge in [-0.2, -0.15) is 0 Å². The minimum Gasteiger partial charge on any atom is -0.505 e. The predicted molar refractivity (Wildman–Crippen MR) is 53.1 cm³/mol. The smallest absolute Gasteiger partial charge is 0.182 e. The van der Waals surface area contributed by atoms with Crippen LogP contribution in [0.2, 0.25) is 0 Å². The maximum absolute atomic E-state index is 9.86. The van der Waals surface area contributed by atoms with Crippen LogP contribution in [0.1, 0.15) is 18.4 Å². The van der Waals surface area contributed by atoms with Crippen molar-refractivity contribution >= 4 is 11.1 Å². The summed E-state index contributed by atoms with van der Waals surface area (Å²) in [4.78, 5) is 3.94. The number of hydrogen-bond donors (Lipinski definition) is 2. The Morgan fingerprint density at radius 1 is 1.57 bits per heavy atom. The summed E-state index contributed by atoms with van der Waals surface area (Å²) in [6.07, 6.45) is 1.32. The van der Waals surface area contributed by atoms with E-state index in [0.717, 1.165) is 5.56 Å². The van der Waals surface area contributed by atoms with Gasteiger partial charge >= 0.3 is 0 Å². The third-order valence-electron chi connectivity index (χ3n) is 2.39. The second kappa shape index (κ2) is 3.31. The number of fused-ring (bicyclic) bond motifs is 1. The Balaban J connectivity index is 2.61. The van der Waals surface area contributed by atoms with Crippen molar-refractivity contribution in [2.45, 2.75) is 12.8 Å². The van der Waals surface area contributed by atoms with Gasteiger partial charge in [0.2, 0.25) is 0 Å². The van der Waals surface area contributed by atoms with Crippen molar-refractivity contribution in [3.05, 3.63) is 24.1 Å². The Bertz CT molecular complexity index is 450. The lowest BCUT2D eigenvalue weighted by Crippen LogP contribution is -2.08. The zero-order chi connectivity index (χ0) is 10.1. The number of nitrogens with zero attached hydrogens (tertiary/aromatic N) is 1. The van der Waals surface area contributed by atoms with Crippen molar-refractivity contribution in [1.29, 1.82) is 0 Å². The molecule has 0 aliphatic heterocycles. The molecule has 1 aromatic carbocycles. The topological polar surface area (TPSA) is 72.3 Å². The maximum atomic E-state index is 9.86. The predicted octanol–water partition coefficient (Wildman–Crippen LogP) is 1.60. The van der Waals surface area contributed by atoms with E-state index >= 15 is 0 Å². The summed E-state index contributed by atoms with van der Waals surface area (Å²) in [5.74, 6) is 0.297. The minimum absolute atomic E-state index is 0.121. The molecule has 0 amide bonds. The summed E-state index contributed by atoms with van der Waals surface area (Å²) in [5, 5.41) is 9.86. The quantitative estimate of drug-likeness (QED) is 0.758. The molecule has 2 aromatic rings. The van der Waals surface area contributed by atoms with Gasteiger partial charge in [-0.15, -0.1) is 0 Å². The zero-order valence-corrected chi connectivity index (χ0v) is 7.90. The van der Waals surface area contributed by atoms with Crippen molar-refractivity contribution in [2.75, 3.05) is 6.54 Å². The van der Waals surface area contributed by atoms with Crippen LogP contribution in [-0.4, -0.2) is 16.6 Å². The van der Waals surface area contributed by atoms with Gasteiger partial charge in [-0.25, -0.2) is 4.98 Å². The fourth-order valence-corrected chi connectivity index (χ4v) is 1.46. The molecule has 0 aliphatic rings. The van der Waals surface area contributed by atoms with Gasteiger partial charge in [0.25, 0.3) is 0 Å². The molecule has 4 nitrogen and oxygen atoms in total. The molecule has 0 radical (unpaired) electrons. The van der Waals surface area contributed by atoms with Gasteiger partial charge in [0.1, 0.15) is 5.75 Å². The van der Waals surface area contributed by atoms with Crippen LogP contribution in [0, 0.1) is 0 Å². The van der Waals surface area contributed by atoms with E-state index in [0.29, 0.717) is 17.6 Å². The van der Waals surface area contributed by atoms with Crippen LogP contribution >= 0.6 is 0 Å². The first kappa shape index (κ1) is 9.02.